The number of pyridine rings is 1. The van der Waals surface area contributed by atoms with Crippen LogP contribution in [0.2, 0.25) is 10.0 Å². The van der Waals surface area contributed by atoms with Gasteiger partial charge >= 0.3 is 0 Å². The highest BCUT2D eigenvalue weighted by atomic mass is 35.5. The minimum atomic E-state index is -0.354. The van der Waals surface area contributed by atoms with E-state index >= 15 is 0 Å². The molecule has 0 atom stereocenters. The molecule has 0 aliphatic carbocycles. The number of carbonyl (C=O) groups excluding carboxylic acids is 1. The number of anilines is 1. The standard InChI is InChI=1S/C15H14Cl2N2O2/c1-8-4-13(14(21-3)6-11(8)16)19-15(20)10-7-18-9(2)5-12(10)17/h4-7H,1-3H3,(H,19,20). The number of methoxy groups -OCH3 is 1. The molecule has 1 heterocycles. The Labute approximate surface area is 133 Å². The number of halogens is 2. The molecule has 0 aliphatic heterocycles. The molecule has 1 aromatic carbocycles. The van der Waals surface area contributed by atoms with Crippen LogP contribution in [-0.4, -0.2) is 18.0 Å². The SMILES string of the molecule is COc1cc(Cl)c(C)cc1NC(=O)c1cnc(C)cc1Cl. The maximum atomic E-state index is 12.3. The van der Waals surface area contributed by atoms with Crippen LogP contribution in [0.15, 0.2) is 24.4 Å². The van der Waals surface area contributed by atoms with Gasteiger partial charge in [-0.2, -0.15) is 0 Å². The molecule has 2 aromatic rings. The van der Waals surface area contributed by atoms with Gasteiger partial charge in [0.15, 0.2) is 0 Å². The maximum absolute atomic E-state index is 12.3. The third-order valence-corrected chi connectivity index (χ3v) is 3.68. The first kappa shape index (κ1) is 15.6. The van der Waals surface area contributed by atoms with Gasteiger partial charge in [0, 0.05) is 23.0 Å². The molecule has 6 heteroatoms. The normalized spacial score (nSPS) is 10.3. The van der Waals surface area contributed by atoms with Gasteiger partial charge < -0.3 is 10.1 Å². The second kappa shape index (κ2) is 6.33. The number of aromatic nitrogens is 1. The van der Waals surface area contributed by atoms with Crippen LogP contribution in [0.1, 0.15) is 21.6 Å². The number of hydrogen-bond donors (Lipinski definition) is 1. The van der Waals surface area contributed by atoms with E-state index in [4.69, 9.17) is 27.9 Å². The monoisotopic (exact) mass is 324 g/mol. The molecule has 0 saturated carbocycles. The number of benzene rings is 1. The summed E-state index contributed by atoms with van der Waals surface area (Å²) in [7, 11) is 1.51. The first-order valence-electron chi connectivity index (χ1n) is 6.20. The molecule has 0 radical (unpaired) electrons. The molecule has 0 unspecified atom stereocenters. The largest absolute Gasteiger partial charge is 0.495 e. The topological polar surface area (TPSA) is 51.2 Å². The molecule has 1 aromatic heterocycles. The minimum Gasteiger partial charge on any atom is -0.495 e. The van der Waals surface area contributed by atoms with E-state index in [0.29, 0.717) is 27.0 Å². The highest BCUT2D eigenvalue weighted by Gasteiger charge is 2.15. The van der Waals surface area contributed by atoms with Gasteiger partial charge in [0.05, 0.1) is 23.4 Å². The first-order valence-corrected chi connectivity index (χ1v) is 6.95. The number of nitrogens with one attached hydrogen (secondary N) is 1. The van der Waals surface area contributed by atoms with E-state index in [2.05, 4.69) is 10.3 Å². The van der Waals surface area contributed by atoms with Crippen LogP contribution in [0.3, 0.4) is 0 Å². The van der Waals surface area contributed by atoms with Gasteiger partial charge in [0.25, 0.3) is 5.91 Å². The molecule has 110 valence electrons. The van der Waals surface area contributed by atoms with E-state index in [9.17, 15) is 4.79 Å². The van der Waals surface area contributed by atoms with Crippen molar-refractivity contribution in [3.8, 4) is 5.75 Å². The van der Waals surface area contributed by atoms with Gasteiger partial charge in [-0.3, -0.25) is 9.78 Å². The lowest BCUT2D eigenvalue weighted by atomic mass is 10.2. The number of ether oxygens (including phenoxy) is 1. The number of rotatable bonds is 3. The van der Waals surface area contributed by atoms with Crippen molar-refractivity contribution in [3.63, 3.8) is 0 Å². The Kier molecular flexibility index (Phi) is 4.70. The molecular weight excluding hydrogens is 311 g/mol. The van der Waals surface area contributed by atoms with Crippen LogP contribution in [0.4, 0.5) is 5.69 Å². The highest BCUT2D eigenvalue weighted by Crippen LogP contribution is 2.31. The van der Waals surface area contributed by atoms with Crippen LogP contribution in [0.25, 0.3) is 0 Å². The summed E-state index contributed by atoms with van der Waals surface area (Å²) in [6.45, 7) is 3.65. The Morgan fingerprint density at radius 1 is 1.19 bits per heavy atom. The number of nitrogens with zero attached hydrogens (tertiary/aromatic N) is 1. The van der Waals surface area contributed by atoms with E-state index in [1.807, 2.05) is 6.92 Å². The quantitative estimate of drug-likeness (QED) is 0.917. The summed E-state index contributed by atoms with van der Waals surface area (Å²) >= 11 is 12.1. The molecule has 0 saturated heterocycles. The Bertz CT molecular complexity index is 702. The van der Waals surface area contributed by atoms with Crippen LogP contribution < -0.4 is 10.1 Å². The fourth-order valence-corrected chi connectivity index (χ4v) is 2.26. The Morgan fingerprint density at radius 2 is 1.90 bits per heavy atom. The van der Waals surface area contributed by atoms with Crippen molar-refractivity contribution in [2.24, 2.45) is 0 Å². The lowest BCUT2D eigenvalue weighted by Gasteiger charge is -2.12. The summed E-state index contributed by atoms with van der Waals surface area (Å²) in [6, 6.07) is 5.04. The Morgan fingerprint density at radius 3 is 2.52 bits per heavy atom. The van der Waals surface area contributed by atoms with Crippen molar-refractivity contribution in [2.45, 2.75) is 13.8 Å². The zero-order valence-corrected chi connectivity index (χ0v) is 13.3. The molecule has 0 aliphatic rings. The van der Waals surface area contributed by atoms with Crippen molar-refractivity contribution in [1.82, 2.24) is 4.98 Å². The second-order valence-corrected chi connectivity index (χ2v) is 5.38. The fraction of sp³-hybridized carbons (Fsp3) is 0.200. The molecular formula is C15H14Cl2N2O2. The average Bonchev–Trinajstić information content (AvgIpc) is 2.42. The van der Waals surface area contributed by atoms with Gasteiger partial charge in [-0.05, 0) is 31.5 Å². The molecule has 4 nitrogen and oxygen atoms in total. The number of aryl methyl sites for hydroxylation is 2. The lowest BCUT2D eigenvalue weighted by molar-refractivity contribution is 0.102. The van der Waals surface area contributed by atoms with E-state index in [-0.39, 0.29) is 5.91 Å². The Hall–Kier alpha value is -1.78. The number of hydrogen-bond acceptors (Lipinski definition) is 3. The van der Waals surface area contributed by atoms with Gasteiger partial charge in [-0.25, -0.2) is 0 Å². The van der Waals surface area contributed by atoms with Gasteiger partial charge in [0.2, 0.25) is 0 Å². The molecule has 21 heavy (non-hydrogen) atoms. The van der Waals surface area contributed by atoms with E-state index in [1.54, 1.807) is 25.1 Å². The first-order chi connectivity index (χ1) is 9.92. The fourth-order valence-electron chi connectivity index (χ4n) is 1.81. The minimum absolute atomic E-state index is 0.303. The van der Waals surface area contributed by atoms with Crippen molar-refractivity contribution < 1.29 is 9.53 Å². The summed E-state index contributed by atoms with van der Waals surface area (Å²) < 4.78 is 5.22. The number of amides is 1. The summed E-state index contributed by atoms with van der Waals surface area (Å²) in [4.78, 5) is 16.4. The van der Waals surface area contributed by atoms with E-state index in [0.717, 1.165) is 11.3 Å². The average molecular weight is 325 g/mol. The van der Waals surface area contributed by atoms with Crippen LogP contribution in [-0.2, 0) is 0 Å². The molecule has 0 bridgehead atoms. The van der Waals surface area contributed by atoms with E-state index in [1.165, 1.54) is 13.3 Å². The molecule has 0 spiro atoms. The molecule has 0 fully saturated rings. The third kappa shape index (κ3) is 3.46. The second-order valence-electron chi connectivity index (χ2n) is 4.56. The zero-order chi connectivity index (χ0) is 15.6. The van der Waals surface area contributed by atoms with E-state index < -0.39 is 0 Å². The summed E-state index contributed by atoms with van der Waals surface area (Å²) in [5.41, 5.74) is 2.41. The predicted octanol–water partition coefficient (Wildman–Crippen LogP) is 4.27. The van der Waals surface area contributed by atoms with Crippen molar-refractivity contribution in [2.75, 3.05) is 12.4 Å². The van der Waals surface area contributed by atoms with Gasteiger partial charge in [-0.1, -0.05) is 23.2 Å². The molecule has 1 amide bonds. The highest BCUT2D eigenvalue weighted by molar-refractivity contribution is 6.34. The van der Waals surface area contributed by atoms with Gasteiger partial charge in [-0.15, -0.1) is 0 Å². The third-order valence-electron chi connectivity index (χ3n) is 2.96. The number of carbonyl (C=O) groups is 1. The van der Waals surface area contributed by atoms with Gasteiger partial charge in [0.1, 0.15) is 5.75 Å². The van der Waals surface area contributed by atoms with Crippen molar-refractivity contribution in [1.29, 1.82) is 0 Å². The van der Waals surface area contributed by atoms with Crippen molar-refractivity contribution >= 4 is 34.8 Å². The smallest absolute Gasteiger partial charge is 0.258 e. The summed E-state index contributed by atoms with van der Waals surface area (Å²) in [5.74, 6) is 0.127. The summed E-state index contributed by atoms with van der Waals surface area (Å²) in [6.07, 6.45) is 1.45. The zero-order valence-electron chi connectivity index (χ0n) is 11.8. The predicted molar refractivity (Wildman–Crippen MR) is 84.7 cm³/mol. The summed E-state index contributed by atoms with van der Waals surface area (Å²) in [5, 5.41) is 3.68. The maximum Gasteiger partial charge on any atom is 0.258 e. The molecule has 1 N–H and O–H groups in total. The van der Waals surface area contributed by atoms with Crippen LogP contribution in [0, 0.1) is 13.8 Å². The lowest BCUT2D eigenvalue weighted by Crippen LogP contribution is -2.14. The Balaban J connectivity index is 2.33. The molecule has 2 rings (SSSR count). The van der Waals surface area contributed by atoms with Crippen LogP contribution in [0.5, 0.6) is 5.75 Å². The van der Waals surface area contributed by atoms with Crippen LogP contribution >= 0.6 is 23.2 Å². The van der Waals surface area contributed by atoms with Crippen molar-refractivity contribution in [3.05, 3.63) is 51.3 Å².